The lowest BCUT2D eigenvalue weighted by atomic mass is 10.0. The first kappa shape index (κ1) is 18.9. The molecule has 0 saturated carbocycles. The van der Waals surface area contributed by atoms with Crippen molar-refractivity contribution in [3.05, 3.63) is 82.5 Å². The van der Waals surface area contributed by atoms with E-state index < -0.39 is 0 Å². The highest BCUT2D eigenvalue weighted by molar-refractivity contribution is 9.10. The number of nitrogens with one attached hydrogen (secondary N) is 1. The fraction of sp³-hybridized carbons (Fsp3) is 0.0909. The van der Waals surface area contributed by atoms with Gasteiger partial charge in [-0.25, -0.2) is 4.98 Å². The smallest absolute Gasteiger partial charge is 0.151 e. The second-order valence-electron chi connectivity index (χ2n) is 6.32. The van der Waals surface area contributed by atoms with Gasteiger partial charge in [-0.15, -0.1) is 0 Å². The lowest BCUT2D eigenvalue weighted by Gasteiger charge is -2.11. The molecule has 6 heteroatoms. The van der Waals surface area contributed by atoms with E-state index in [0.717, 1.165) is 43.5 Å². The molecule has 2 aromatic carbocycles. The van der Waals surface area contributed by atoms with Gasteiger partial charge in [0.1, 0.15) is 6.29 Å². The Labute approximate surface area is 176 Å². The monoisotopic (exact) mass is 451 g/mol. The molecule has 0 aliphatic carbocycles. The van der Waals surface area contributed by atoms with E-state index in [2.05, 4.69) is 54.5 Å². The number of hydrogen-bond donors (Lipinski definition) is 1. The number of benzene rings is 2. The third-order valence-corrected chi connectivity index (χ3v) is 6.21. The standard InChI is InChI=1S/C22H18BrN3OS/c1-24-13-16-8-7-15(11-17(16)14-27)21-12-19-20(23)9-10-25-22(19)26(21)28-18-5-3-2-4-6-18/h2-12,14,24H,13H2,1H3. The van der Waals surface area contributed by atoms with E-state index in [0.29, 0.717) is 12.1 Å². The van der Waals surface area contributed by atoms with Crippen LogP contribution in [0.3, 0.4) is 0 Å². The van der Waals surface area contributed by atoms with E-state index in [4.69, 9.17) is 0 Å². The van der Waals surface area contributed by atoms with Crippen molar-refractivity contribution in [3.63, 3.8) is 0 Å². The number of fused-ring (bicyclic) bond motifs is 1. The number of halogens is 1. The Balaban J connectivity index is 1.90. The molecule has 140 valence electrons. The average Bonchev–Trinajstić information content (AvgIpc) is 3.09. The SMILES string of the molecule is CNCc1ccc(-c2cc3c(Br)ccnc3n2Sc2ccccc2)cc1C=O. The molecule has 0 amide bonds. The van der Waals surface area contributed by atoms with Crippen LogP contribution in [0.25, 0.3) is 22.3 Å². The Morgan fingerprint density at radius 2 is 1.96 bits per heavy atom. The van der Waals surface area contributed by atoms with Gasteiger partial charge in [-0.3, -0.25) is 8.77 Å². The number of nitrogens with zero attached hydrogens (tertiary/aromatic N) is 2. The fourth-order valence-electron chi connectivity index (χ4n) is 3.14. The minimum Gasteiger partial charge on any atom is -0.316 e. The lowest BCUT2D eigenvalue weighted by Crippen LogP contribution is -2.07. The van der Waals surface area contributed by atoms with E-state index in [1.807, 2.05) is 43.4 Å². The summed E-state index contributed by atoms with van der Waals surface area (Å²) >= 11 is 5.25. The third-order valence-electron chi connectivity index (χ3n) is 4.48. The zero-order valence-electron chi connectivity index (χ0n) is 15.2. The fourth-order valence-corrected chi connectivity index (χ4v) is 4.53. The van der Waals surface area contributed by atoms with Crippen LogP contribution < -0.4 is 5.32 Å². The Morgan fingerprint density at radius 3 is 2.71 bits per heavy atom. The molecule has 0 bridgehead atoms. The van der Waals surface area contributed by atoms with Crippen LogP contribution in [0.4, 0.5) is 0 Å². The summed E-state index contributed by atoms with van der Waals surface area (Å²) in [4.78, 5) is 17.4. The lowest BCUT2D eigenvalue weighted by molar-refractivity contribution is 0.112. The van der Waals surface area contributed by atoms with E-state index >= 15 is 0 Å². The number of aromatic nitrogens is 2. The summed E-state index contributed by atoms with van der Waals surface area (Å²) < 4.78 is 3.12. The molecule has 4 nitrogen and oxygen atoms in total. The normalized spacial score (nSPS) is 11.1. The van der Waals surface area contributed by atoms with Crippen molar-refractivity contribution in [2.75, 3.05) is 7.05 Å². The van der Waals surface area contributed by atoms with E-state index in [-0.39, 0.29) is 0 Å². The summed E-state index contributed by atoms with van der Waals surface area (Å²) in [5, 5.41) is 4.14. The first-order valence-corrected chi connectivity index (χ1v) is 10.4. The van der Waals surface area contributed by atoms with Gasteiger partial charge < -0.3 is 5.32 Å². The molecule has 4 aromatic rings. The molecule has 0 unspecified atom stereocenters. The zero-order valence-corrected chi connectivity index (χ0v) is 17.6. The summed E-state index contributed by atoms with van der Waals surface area (Å²) in [6.07, 6.45) is 2.72. The molecule has 0 fully saturated rings. The second kappa shape index (κ2) is 8.31. The van der Waals surface area contributed by atoms with Gasteiger partial charge in [0.15, 0.2) is 5.65 Å². The van der Waals surface area contributed by atoms with Crippen LogP contribution >= 0.6 is 27.9 Å². The zero-order chi connectivity index (χ0) is 19.5. The molecule has 2 aromatic heterocycles. The highest BCUT2D eigenvalue weighted by atomic mass is 79.9. The largest absolute Gasteiger partial charge is 0.316 e. The predicted octanol–water partition coefficient (Wildman–Crippen LogP) is 5.55. The van der Waals surface area contributed by atoms with Gasteiger partial charge in [0.25, 0.3) is 0 Å². The molecule has 28 heavy (non-hydrogen) atoms. The van der Waals surface area contributed by atoms with Gasteiger partial charge in [-0.2, -0.15) is 0 Å². The summed E-state index contributed by atoms with van der Waals surface area (Å²) in [6, 6.07) is 20.3. The van der Waals surface area contributed by atoms with E-state index in [1.54, 1.807) is 18.1 Å². The molecule has 0 aliphatic rings. The number of hydrogen-bond acceptors (Lipinski definition) is 4. The van der Waals surface area contributed by atoms with Crippen LogP contribution in [0.1, 0.15) is 15.9 Å². The molecule has 4 rings (SSSR count). The predicted molar refractivity (Wildman–Crippen MR) is 119 cm³/mol. The molecule has 2 heterocycles. The van der Waals surface area contributed by atoms with Gasteiger partial charge in [0, 0.05) is 33.1 Å². The number of pyridine rings is 1. The summed E-state index contributed by atoms with van der Waals surface area (Å²) in [5.74, 6) is 0. The Morgan fingerprint density at radius 1 is 1.14 bits per heavy atom. The Hall–Kier alpha value is -2.41. The molecule has 0 aliphatic heterocycles. The van der Waals surface area contributed by atoms with Crippen molar-refractivity contribution < 1.29 is 4.79 Å². The van der Waals surface area contributed by atoms with Crippen molar-refractivity contribution in [2.24, 2.45) is 0 Å². The van der Waals surface area contributed by atoms with Gasteiger partial charge in [0.05, 0.1) is 5.69 Å². The molecule has 0 radical (unpaired) electrons. The molecular weight excluding hydrogens is 434 g/mol. The summed E-state index contributed by atoms with van der Waals surface area (Å²) in [6.45, 7) is 0.656. The van der Waals surface area contributed by atoms with Crippen LogP contribution in [-0.4, -0.2) is 22.3 Å². The maximum absolute atomic E-state index is 11.6. The van der Waals surface area contributed by atoms with Crippen molar-refractivity contribution >= 4 is 45.2 Å². The first-order chi connectivity index (χ1) is 13.7. The minimum atomic E-state index is 0.656. The highest BCUT2D eigenvalue weighted by Gasteiger charge is 2.16. The van der Waals surface area contributed by atoms with Crippen molar-refractivity contribution in [1.82, 2.24) is 14.3 Å². The van der Waals surface area contributed by atoms with Crippen LogP contribution in [-0.2, 0) is 6.54 Å². The summed E-state index contributed by atoms with van der Waals surface area (Å²) in [7, 11) is 1.88. The number of carbonyl (C=O) groups excluding carboxylic acids is 1. The molecular formula is C22H18BrN3OS. The van der Waals surface area contributed by atoms with Gasteiger partial charge >= 0.3 is 0 Å². The van der Waals surface area contributed by atoms with E-state index in [1.165, 1.54) is 0 Å². The molecule has 1 N–H and O–H groups in total. The molecule has 0 saturated heterocycles. The second-order valence-corrected chi connectivity index (χ2v) is 8.19. The van der Waals surface area contributed by atoms with Crippen LogP contribution in [0, 0.1) is 0 Å². The number of aldehydes is 1. The Kier molecular flexibility index (Phi) is 5.62. The van der Waals surface area contributed by atoms with Gasteiger partial charge in [-0.05, 0) is 76.4 Å². The van der Waals surface area contributed by atoms with Crippen molar-refractivity contribution in [1.29, 1.82) is 0 Å². The van der Waals surface area contributed by atoms with Crippen LogP contribution in [0.5, 0.6) is 0 Å². The third kappa shape index (κ3) is 3.63. The quantitative estimate of drug-likeness (QED) is 0.390. The topological polar surface area (TPSA) is 46.9 Å². The number of rotatable bonds is 6. The maximum Gasteiger partial charge on any atom is 0.151 e. The van der Waals surface area contributed by atoms with Gasteiger partial charge in [0.2, 0.25) is 0 Å². The van der Waals surface area contributed by atoms with E-state index in [9.17, 15) is 4.79 Å². The first-order valence-electron chi connectivity index (χ1n) is 8.83. The average molecular weight is 452 g/mol. The molecule has 0 atom stereocenters. The minimum absolute atomic E-state index is 0.656. The van der Waals surface area contributed by atoms with Gasteiger partial charge in [-0.1, -0.05) is 30.3 Å². The molecule has 0 spiro atoms. The summed E-state index contributed by atoms with van der Waals surface area (Å²) in [5.41, 5.74) is 4.54. The maximum atomic E-state index is 11.6. The van der Waals surface area contributed by atoms with Crippen molar-refractivity contribution in [2.45, 2.75) is 11.4 Å². The van der Waals surface area contributed by atoms with Crippen molar-refractivity contribution in [3.8, 4) is 11.3 Å². The number of carbonyl (C=O) groups is 1. The highest BCUT2D eigenvalue weighted by Crippen LogP contribution is 2.37. The Bertz CT molecular complexity index is 1140. The van der Waals surface area contributed by atoms with Crippen LogP contribution in [0.2, 0.25) is 0 Å². The van der Waals surface area contributed by atoms with Crippen LogP contribution in [0.15, 0.2) is 76.2 Å².